The van der Waals surface area contributed by atoms with Crippen LogP contribution in [0.25, 0.3) is 0 Å². The van der Waals surface area contributed by atoms with Gasteiger partial charge >= 0.3 is 0 Å². The van der Waals surface area contributed by atoms with E-state index in [1.165, 1.54) is 28.1 Å². The van der Waals surface area contributed by atoms with E-state index in [4.69, 9.17) is 23.6 Å². The predicted molar refractivity (Wildman–Crippen MR) is 186 cm³/mol. The molecule has 3 aliphatic rings. The summed E-state index contributed by atoms with van der Waals surface area (Å²) >= 11 is 2.59. The molecule has 1 fully saturated rings. The molecule has 5 rings (SSSR count). The second kappa shape index (κ2) is 11.4. The van der Waals surface area contributed by atoms with Gasteiger partial charge in [0.1, 0.15) is 23.1 Å². The van der Waals surface area contributed by atoms with E-state index in [1.807, 2.05) is 0 Å². The van der Waals surface area contributed by atoms with Gasteiger partial charge < -0.3 is 18.6 Å². The fourth-order valence-corrected chi connectivity index (χ4v) is 9.12. The van der Waals surface area contributed by atoms with Crippen LogP contribution in [0.15, 0.2) is 24.3 Å². The summed E-state index contributed by atoms with van der Waals surface area (Å²) in [6, 6.07) is 8.55. The van der Waals surface area contributed by atoms with Crippen LogP contribution in [0.5, 0.6) is 5.75 Å². The monoisotopic (exact) mass is 719 g/mol. The molecule has 3 unspecified atom stereocenters. The summed E-state index contributed by atoms with van der Waals surface area (Å²) in [6.07, 6.45) is 2.57. The Morgan fingerprint density at radius 2 is 1.67 bits per heavy atom. The first-order valence-corrected chi connectivity index (χ1v) is 20.3. The van der Waals surface area contributed by atoms with Gasteiger partial charge in [0.2, 0.25) is 0 Å². The highest BCUT2D eigenvalue weighted by Crippen LogP contribution is 2.60. The van der Waals surface area contributed by atoms with Crippen molar-refractivity contribution in [1.29, 1.82) is 0 Å². The molecule has 2 aliphatic heterocycles. The molecule has 0 saturated carbocycles. The minimum Gasteiger partial charge on any atom is -0.488 e. The van der Waals surface area contributed by atoms with Crippen molar-refractivity contribution in [2.45, 2.75) is 140 Å². The second-order valence-corrected chi connectivity index (χ2v) is 22.9. The molecule has 0 amide bonds. The van der Waals surface area contributed by atoms with Gasteiger partial charge in [0, 0.05) is 41.1 Å². The van der Waals surface area contributed by atoms with Crippen LogP contribution >= 0.6 is 22.6 Å². The van der Waals surface area contributed by atoms with Crippen LogP contribution in [0.2, 0.25) is 18.1 Å². The van der Waals surface area contributed by atoms with Gasteiger partial charge in [0.25, 0.3) is 0 Å². The second-order valence-electron chi connectivity index (χ2n) is 16.7. The van der Waals surface area contributed by atoms with Crippen LogP contribution in [-0.2, 0) is 25.9 Å². The summed E-state index contributed by atoms with van der Waals surface area (Å²) < 4.78 is 27.2. The van der Waals surface area contributed by atoms with Crippen molar-refractivity contribution in [2.75, 3.05) is 13.2 Å². The van der Waals surface area contributed by atoms with Crippen molar-refractivity contribution >= 4 is 30.9 Å². The van der Waals surface area contributed by atoms with Gasteiger partial charge in [-0.25, -0.2) is 0 Å². The normalized spacial score (nSPS) is 27.3. The highest BCUT2D eigenvalue weighted by molar-refractivity contribution is 14.1. The number of fused-ring (bicyclic) bond motifs is 4. The Bertz CT molecular complexity index is 1340. The van der Waals surface area contributed by atoms with E-state index in [2.05, 4.69) is 129 Å². The van der Waals surface area contributed by atoms with Crippen LogP contribution < -0.4 is 4.74 Å². The van der Waals surface area contributed by atoms with Gasteiger partial charge in [-0.15, -0.1) is 0 Å². The minimum absolute atomic E-state index is 0.00432. The molecule has 7 heteroatoms. The van der Waals surface area contributed by atoms with Gasteiger partial charge in [-0.1, -0.05) is 83.2 Å². The van der Waals surface area contributed by atoms with Crippen molar-refractivity contribution in [3.63, 3.8) is 0 Å². The van der Waals surface area contributed by atoms with Crippen LogP contribution in [0.4, 0.5) is 0 Å². The van der Waals surface area contributed by atoms with E-state index in [1.54, 1.807) is 0 Å². The first-order chi connectivity index (χ1) is 19.7. The predicted octanol–water partition coefficient (Wildman–Crippen LogP) is 9.96. The number of aromatic nitrogens is 1. The molecule has 43 heavy (non-hydrogen) atoms. The molecule has 0 radical (unpaired) electrons. The average Bonchev–Trinajstić information content (AvgIpc) is 3.18. The fraction of sp³-hybridized carbons (Fsp3) is 0.694. The zero-order valence-corrected chi connectivity index (χ0v) is 31.8. The Balaban J connectivity index is 1.76. The van der Waals surface area contributed by atoms with Gasteiger partial charge in [0.05, 0.1) is 16.6 Å². The molecule has 2 aromatic rings. The van der Waals surface area contributed by atoms with Crippen LogP contribution in [0.1, 0.15) is 134 Å². The summed E-state index contributed by atoms with van der Waals surface area (Å²) in [7, 11) is -2.09. The third kappa shape index (κ3) is 6.36. The lowest BCUT2D eigenvalue weighted by atomic mass is 9.70. The number of hydrogen-bond donors (Lipinski definition) is 0. The third-order valence-electron chi connectivity index (χ3n) is 9.89. The SMILES string of the molecule is CC(C)c1nc2c(c3c1[C@@H](c1ccc(OC(C)(C)C)cc1)OC31CCOCC1I)C(O[Si](C)(C)C(C)(C)C)CC(C)(C)C2. The van der Waals surface area contributed by atoms with Crippen molar-refractivity contribution in [3.05, 3.63) is 57.9 Å². The number of pyridine rings is 1. The number of ether oxygens (including phenoxy) is 3. The van der Waals surface area contributed by atoms with E-state index < -0.39 is 13.9 Å². The average molecular weight is 720 g/mol. The lowest BCUT2D eigenvalue weighted by molar-refractivity contribution is -0.113. The highest BCUT2D eigenvalue weighted by Gasteiger charge is 2.56. The summed E-state index contributed by atoms with van der Waals surface area (Å²) in [4.78, 5) is 5.56. The summed E-state index contributed by atoms with van der Waals surface area (Å²) in [5, 5.41) is 0.112. The maximum Gasteiger partial charge on any atom is 0.192 e. The molecule has 4 atom stereocenters. The number of hydrogen-bond acceptors (Lipinski definition) is 5. The Kier molecular flexibility index (Phi) is 8.81. The van der Waals surface area contributed by atoms with E-state index in [9.17, 15) is 0 Å². The first-order valence-electron chi connectivity index (χ1n) is 16.2. The van der Waals surface area contributed by atoms with Crippen molar-refractivity contribution < 1.29 is 18.6 Å². The number of benzene rings is 1. The Morgan fingerprint density at radius 3 is 2.23 bits per heavy atom. The topological polar surface area (TPSA) is 49.8 Å². The van der Waals surface area contributed by atoms with Gasteiger partial charge in [-0.2, -0.15) is 0 Å². The fourth-order valence-electron chi connectivity index (χ4n) is 6.83. The quantitative estimate of drug-likeness (QED) is 0.175. The Labute approximate surface area is 275 Å². The lowest BCUT2D eigenvalue weighted by Gasteiger charge is -2.47. The Morgan fingerprint density at radius 1 is 1.02 bits per heavy atom. The van der Waals surface area contributed by atoms with E-state index in [-0.39, 0.29) is 38.1 Å². The number of halogens is 1. The van der Waals surface area contributed by atoms with Gasteiger partial charge in [-0.05, 0) is 80.8 Å². The summed E-state index contributed by atoms with van der Waals surface area (Å²) in [5.41, 5.74) is 6.89. The zero-order chi connectivity index (χ0) is 31.8. The van der Waals surface area contributed by atoms with Gasteiger partial charge in [0.15, 0.2) is 8.32 Å². The number of nitrogens with zero attached hydrogens (tertiary/aromatic N) is 1. The maximum atomic E-state index is 7.44. The van der Waals surface area contributed by atoms with E-state index >= 15 is 0 Å². The van der Waals surface area contributed by atoms with Crippen molar-refractivity contribution in [2.24, 2.45) is 5.41 Å². The standard InChI is InChI=1S/C36H54INO4Si/c1-22(2)31-29-30(28-25(38-31)19-35(9,10)20-26(28)42-43(11,12)34(6,7)8)36(17-18-39-21-27(36)37)41-32(29)23-13-15-24(16-14-23)40-33(3,4)5/h13-16,22,26-27,32H,17-21H2,1-12H3/t26?,27?,32-,36?/m1/s1. The smallest absolute Gasteiger partial charge is 0.192 e. The molecule has 1 saturated heterocycles. The number of alkyl halides is 1. The van der Waals surface area contributed by atoms with Crippen LogP contribution in [0, 0.1) is 5.41 Å². The molecule has 5 nitrogen and oxygen atoms in total. The molecule has 1 aliphatic carbocycles. The first kappa shape index (κ1) is 33.4. The molecular formula is C36H54INO4Si. The molecule has 1 aromatic heterocycles. The maximum absolute atomic E-state index is 7.44. The zero-order valence-electron chi connectivity index (χ0n) is 28.6. The van der Waals surface area contributed by atoms with Crippen LogP contribution in [0.3, 0.4) is 0 Å². The third-order valence-corrected chi connectivity index (χ3v) is 15.7. The van der Waals surface area contributed by atoms with Gasteiger partial charge in [-0.3, -0.25) is 4.98 Å². The molecule has 1 spiro atoms. The highest BCUT2D eigenvalue weighted by atomic mass is 127. The molecular weight excluding hydrogens is 665 g/mol. The number of rotatable bonds is 5. The van der Waals surface area contributed by atoms with Crippen molar-refractivity contribution in [3.8, 4) is 5.75 Å². The van der Waals surface area contributed by atoms with E-state index in [0.717, 1.165) is 30.6 Å². The van der Waals surface area contributed by atoms with Crippen LogP contribution in [-0.4, -0.2) is 36.0 Å². The largest absolute Gasteiger partial charge is 0.488 e. The molecule has 238 valence electrons. The molecule has 0 bridgehead atoms. The Hall–Kier alpha value is -1.00. The lowest BCUT2D eigenvalue weighted by Crippen LogP contribution is -2.47. The summed E-state index contributed by atoms with van der Waals surface area (Å²) in [6.45, 7) is 28.7. The molecule has 3 heterocycles. The molecule has 0 N–H and O–H groups in total. The summed E-state index contributed by atoms with van der Waals surface area (Å²) in [5.74, 6) is 1.14. The van der Waals surface area contributed by atoms with E-state index in [0.29, 0.717) is 13.2 Å². The molecule has 1 aromatic carbocycles. The van der Waals surface area contributed by atoms with Crippen molar-refractivity contribution in [1.82, 2.24) is 4.98 Å². The minimum atomic E-state index is -2.09.